The summed E-state index contributed by atoms with van der Waals surface area (Å²) in [6.45, 7) is 1.93. The smallest absolute Gasteiger partial charge is 0.141 e. The van der Waals surface area contributed by atoms with E-state index in [0.717, 1.165) is 24.3 Å². The third-order valence-electron chi connectivity index (χ3n) is 3.24. The number of nitrogens with two attached hydrogens (primary N) is 1. The molecule has 1 aliphatic rings. The lowest BCUT2D eigenvalue weighted by molar-refractivity contribution is 0.177. The average Bonchev–Trinajstić information content (AvgIpc) is 2.78. The lowest BCUT2D eigenvalue weighted by atomic mass is 9.79. The fraction of sp³-hybridized carbons (Fsp3) is 0.500. The summed E-state index contributed by atoms with van der Waals surface area (Å²) in [4.78, 5) is 0. The molecule has 1 heterocycles. The predicted octanol–water partition coefficient (Wildman–Crippen LogP) is 1.97. The third-order valence-corrected chi connectivity index (χ3v) is 3.53. The number of halogens is 1. The molecule has 1 fully saturated rings. The van der Waals surface area contributed by atoms with Gasteiger partial charge in [-0.2, -0.15) is 0 Å². The lowest BCUT2D eigenvalue weighted by Crippen LogP contribution is -2.36. The van der Waals surface area contributed by atoms with Crippen LogP contribution in [0.4, 0.5) is 0 Å². The largest absolute Gasteiger partial charge is 0.495 e. The summed E-state index contributed by atoms with van der Waals surface area (Å²) in [5, 5.41) is 0.625. The molecule has 0 saturated carbocycles. The molecule has 0 amide bonds. The second-order valence-corrected chi connectivity index (χ2v) is 4.51. The van der Waals surface area contributed by atoms with Crippen LogP contribution in [0.15, 0.2) is 18.2 Å². The van der Waals surface area contributed by atoms with Crippen LogP contribution < -0.4 is 10.5 Å². The molecule has 16 heavy (non-hydrogen) atoms. The van der Waals surface area contributed by atoms with E-state index in [-0.39, 0.29) is 5.41 Å². The second-order valence-electron chi connectivity index (χ2n) is 4.11. The molecule has 1 aromatic rings. The van der Waals surface area contributed by atoms with E-state index in [1.54, 1.807) is 7.11 Å². The molecule has 1 unspecified atom stereocenters. The summed E-state index contributed by atoms with van der Waals surface area (Å²) in [5.74, 6) is 0.722. The maximum atomic E-state index is 6.12. The summed E-state index contributed by atoms with van der Waals surface area (Å²) in [6, 6.07) is 5.77. The minimum Gasteiger partial charge on any atom is -0.495 e. The van der Waals surface area contributed by atoms with Gasteiger partial charge in [0.15, 0.2) is 0 Å². The summed E-state index contributed by atoms with van der Waals surface area (Å²) in [5.41, 5.74) is 6.81. The molecule has 1 aliphatic heterocycles. The zero-order valence-corrected chi connectivity index (χ0v) is 10.1. The van der Waals surface area contributed by atoms with E-state index < -0.39 is 0 Å². The van der Waals surface area contributed by atoms with E-state index in [1.807, 2.05) is 18.2 Å². The molecular formula is C12H16ClNO2. The lowest BCUT2D eigenvalue weighted by Gasteiger charge is -2.28. The first-order chi connectivity index (χ1) is 7.73. The average molecular weight is 242 g/mol. The van der Waals surface area contributed by atoms with Crippen LogP contribution in [0.25, 0.3) is 0 Å². The number of rotatable bonds is 3. The zero-order valence-electron chi connectivity index (χ0n) is 9.33. The van der Waals surface area contributed by atoms with Gasteiger partial charge in [0.1, 0.15) is 5.75 Å². The Balaban J connectivity index is 2.49. The van der Waals surface area contributed by atoms with Crippen LogP contribution in [0.1, 0.15) is 12.0 Å². The van der Waals surface area contributed by atoms with Crippen molar-refractivity contribution < 1.29 is 9.47 Å². The standard InChI is InChI=1S/C12H16ClNO2/c1-15-11-9(3-2-4-10(11)13)12(7-14)5-6-16-8-12/h2-4H,5-8,14H2,1H3. The number of hydrogen-bond acceptors (Lipinski definition) is 3. The minimum atomic E-state index is -0.143. The number of ether oxygens (including phenoxy) is 2. The molecule has 0 aliphatic carbocycles. The molecule has 2 N–H and O–H groups in total. The molecule has 0 bridgehead atoms. The van der Waals surface area contributed by atoms with Crippen molar-refractivity contribution in [3.63, 3.8) is 0 Å². The Labute approximate surface area is 100 Å². The van der Waals surface area contributed by atoms with Crippen molar-refractivity contribution in [1.82, 2.24) is 0 Å². The Morgan fingerprint density at radius 1 is 1.56 bits per heavy atom. The van der Waals surface area contributed by atoms with E-state index >= 15 is 0 Å². The van der Waals surface area contributed by atoms with Crippen LogP contribution in [0.2, 0.25) is 5.02 Å². The molecule has 2 rings (SSSR count). The van der Waals surface area contributed by atoms with Gasteiger partial charge >= 0.3 is 0 Å². The number of para-hydroxylation sites is 1. The van der Waals surface area contributed by atoms with Gasteiger partial charge < -0.3 is 15.2 Å². The van der Waals surface area contributed by atoms with Crippen LogP contribution in [0.3, 0.4) is 0 Å². The van der Waals surface area contributed by atoms with Gasteiger partial charge in [0.25, 0.3) is 0 Å². The topological polar surface area (TPSA) is 44.5 Å². The highest BCUT2D eigenvalue weighted by atomic mass is 35.5. The van der Waals surface area contributed by atoms with Gasteiger partial charge in [-0.3, -0.25) is 0 Å². The summed E-state index contributed by atoms with van der Waals surface area (Å²) >= 11 is 6.12. The number of methoxy groups -OCH3 is 1. The summed E-state index contributed by atoms with van der Waals surface area (Å²) in [7, 11) is 1.63. The van der Waals surface area contributed by atoms with Crippen molar-refractivity contribution in [3.05, 3.63) is 28.8 Å². The molecule has 1 atom stereocenters. The maximum Gasteiger partial charge on any atom is 0.141 e. The Kier molecular flexibility index (Phi) is 3.38. The summed E-state index contributed by atoms with van der Waals surface area (Å²) in [6.07, 6.45) is 0.917. The van der Waals surface area contributed by atoms with Crippen LogP contribution >= 0.6 is 11.6 Å². The van der Waals surface area contributed by atoms with Crippen molar-refractivity contribution in [2.75, 3.05) is 26.9 Å². The molecular weight excluding hydrogens is 226 g/mol. The van der Waals surface area contributed by atoms with Gasteiger partial charge in [-0.15, -0.1) is 0 Å². The highest BCUT2D eigenvalue weighted by Crippen LogP contribution is 2.40. The minimum absolute atomic E-state index is 0.143. The van der Waals surface area contributed by atoms with Gasteiger partial charge in [0.2, 0.25) is 0 Å². The van der Waals surface area contributed by atoms with Crippen molar-refractivity contribution in [1.29, 1.82) is 0 Å². The van der Waals surface area contributed by atoms with Gasteiger partial charge in [-0.1, -0.05) is 23.7 Å². The molecule has 3 nitrogen and oxygen atoms in total. The van der Waals surface area contributed by atoms with E-state index in [4.69, 9.17) is 26.8 Å². The Hall–Kier alpha value is -0.770. The highest BCUT2D eigenvalue weighted by molar-refractivity contribution is 6.32. The maximum absolute atomic E-state index is 6.12. The first kappa shape index (κ1) is 11.7. The normalized spacial score (nSPS) is 24.7. The quantitative estimate of drug-likeness (QED) is 0.880. The molecule has 4 heteroatoms. The van der Waals surface area contributed by atoms with Crippen molar-refractivity contribution in [2.24, 2.45) is 5.73 Å². The first-order valence-corrected chi connectivity index (χ1v) is 5.72. The molecule has 88 valence electrons. The predicted molar refractivity (Wildman–Crippen MR) is 64.2 cm³/mol. The van der Waals surface area contributed by atoms with Crippen molar-refractivity contribution in [2.45, 2.75) is 11.8 Å². The number of benzene rings is 1. The molecule has 1 aromatic carbocycles. The van der Waals surface area contributed by atoms with Gasteiger partial charge in [-0.05, 0) is 12.5 Å². The molecule has 0 aromatic heterocycles. The highest BCUT2D eigenvalue weighted by Gasteiger charge is 2.38. The van der Waals surface area contributed by atoms with E-state index in [9.17, 15) is 0 Å². The fourth-order valence-corrected chi connectivity index (χ4v) is 2.48. The van der Waals surface area contributed by atoms with Crippen molar-refractivity contribution in [3.8, 4) is 5.75 Å². The van der Waals surface area contributed by atoms with Crippen LogP contribution in [-0.4, -0.2) is 26.9 Å². The molecule has 0 radical (unpaired) electrons. The SMILES string of the molecule is COc1c(Cl)cccc1C1(CN)CCOC1. The molecule has 0 spiro atoms. The van der Waals surface area contributed by atoms with E-state index in [1.165, 1.54) is 0 Å². The second kappa shape index (κ2) is 4.62. The Morgan fingerprint density at radius 2 is 2.38 bits per heavy atom. The van der Waals surface area contributed by atoms with E-state index in [0.29, 0.717) is 18.2 Å². The summed E-state index contributed by atoms with van der Waals surface area (Å²) < 4.78 is 10.8. The van der Waals surface area contributed by atoms with Crippen molar-refractivity contribution >= 4 is 11.6 Å². The monoisotopic (exact) mass is 241 g/mol. The van der Waals surface area contributed by atoms with Crippen LogP contribution in [0, 0.1) is 0 Å². The van der Waals surface area contributed by atoms with Gasteiger partial charge in [-0.25, -0.2) is 0 Å². The first-order valence-electron chi connectivity index (χ1n) is 5.34. The fourth-order valence-electron chi connectivity index (χ4n) is 2.22. The Morgan fingerprint density at radius 3 is 2.94 bits per heavy atom. The van der Waals surface area contributed by atoms with Crippen LogP contribution in [0.5, 0.6) is 5.75 Å². The third kappa shape index (κ3) is 1.79. The molecule has 1 saturated heterocycles. The van der Waals surface area contributed by atoms with E-state index in [2.05, 4.69) is 0 Å². The van der Waals surface area contributed by atoms with Gasteiger partial charge in [0, 0.05) is 24.1 Å². The van der Waals surface area contributed by atoms with Crippen LogP contribution in [-0.2, 0) is 10.2 Å². The van der Waals surface area contributed by atoms with Gasteiger partial charge in [0.05, 0.1) is 18.7 Å². The number of hydrogen-bond donors (Lipinski definition) is 1. The zero-order chi connectivity index (χ0) is 11.6. The Bertz CT molecular complexity index is 375.